The Morgan fingerprint density at radius 2 is 1.80 bits per heavy atom. The molecule has 0 radical (unpaired) electrons. The fourth-order valence-electron chi connectivity index (χ4n) is 1.68. The van der Waals surface area contributed by atoms with Crippen LogP contribution in [0.5, 0.6) is 0 Å². The molecule has 3 N–H and O–H groups in total. The summed E-state index contributed by atoms with van der Waals surface area (Å²) >= 11 is 11.9. The average molecular weight is 331 g/mol. The first-order valence-electron chi connectivity index (χ1n) is 5.64. The largest absolute Gasteiger partial charge is 0.399 e. The van der Waals surface area contributed by atoms with Gasteiger partial charge >= 0.3 is 0 Å². The van der Waals surface area contributed by atoms with Gasteiger partial charge in [0.15, 0.2) is 0 Å². The van der Waals surface area contributed by atoms with Gasteiger partial charge in [0.1, 0.15) is 4.90 Å². The molecule has 0 saturated carbocycles. The van der Waals surface area contributed by atoms with E-state index in [0.29, 0.717) is 22.0 Å². The Balaban J connectivity index is 2.49. The zero-order valence-corrected chi connectivity index (χ0v) is 12.9. The normalized spacial score (nSPS) is 11.3. The minimum atomic E-state index is -3.86. The number of sulfonamides is 1. The van der Waals surface area contributed by atoms with Crippen molar-refractivity contribution in [3.8, 4) is 0 Å². The Labute approximate surface area is 127 Å². The molecule has 7 heteroatoms. The Bertz CT molecular complexity index is 741. The number of nitrogens with one attached hydrogen (secondary N) is 1. The number of rotatable bonds is 3. The molecule has 2 rings (SSSR count). The number of aryl methyl sites for hydroxylation is 1. The van der Waals surface area contributed by atoms with Crippen LogP contribution >= 0.6 is 23.2 Å². The first-order valence-corrected chi connectivity index (χ1v) is 7.88. The number of anilines is 2. The van der Waals surface area contributed by atoms with E-state index in [9.17, 15) is 8.42 Å². The van der Waals surface area contributed by atoms with E-state index < -0.39 is 10.0 Å². The lowest BCUT2D eigenvalue weighted by Gasteiger charge is -2.13. The SMILES string of the molecule is Cc1cccc(Cl)c1NS(=O)(=O)c1cc(N)ccc1Cl. The molecule has 0 spiro atoms. The molecule has 106 valence electrons. The standard InChI is InChI=1S/C13H12Cl2N2O2S/c1-8-3-2-4-11(15)13(8)17-20(18,19)12-7-9(16)5-6-10(12)14/h2-7,17H,16H2,1H3. The molecule has 2 aromatic carbocycles. The fourth-order valence-corrected chi connectivity index (χ4v) is 3.69. The smallest absolute Gasteiger partial charge is 0.263 e. The van der Waals surface area contributed by atoms with E-state index in [-0.39, 0.29) is 9.92 Å². The topological polar surface area (TPSA) is 72.2 Å². The van der Waals surface area contributed by atoms with Gasteiger partial charge in [-0.1, -0.05) is 35.3 Å². The lowest BCUT2D eigenvalue weighted by atomic mass is 10.2. The third kappa shape index (κ3) is 3.00. The average Bonchev–Trinajstić information content (AvgIpc) is 2.37. The van der Waals surface area contributed by atoms with Crippen molar-refractivity contribution in [1.29, 1.82) is 0 Å². The van der Waals surface area contributed by atoms with Gasteiger partial charge < -0.3 is 5.73 Å². The molecule has 0 unspecified atom stereocenters. The zero-order valence-electron chi connectivity index (χ0n) is 10.5. The Hall–Kier alpha value is -1.43. The molecule has 0 bridgehead atoms. The number of halogens is 2. The number of nitrogens with two attached hydrogens (primary N) is 1. The summed E-state index contributed by atoms with van der Waals surface area (Å²) in [5.41, 5.74) is 6.95. The highest BCUT2D eigenvalue weighted by Gasteiger charge is 2.20. The van der Waals surface area contributed by atoms with Crippen LogP contribution in [0.3, 0.4) is 0 Å². The van der Waals surface area contributed by atoms with Crippen LogP contribution in [-0.4, -0.2) is 8.42 Å². The van der Waals surface area contributed by atoms with E-state index in [2.05, 4.69) is 4.72 Å². The van der Waals surface area contributed by atoms with Gasteiger partial charge in [-0.25, -0.2) is 8.42 Å². The minimum Gasteiger partial charge on any atom is -0.399 e. The van der Waals surface area contributed by atoms with Crippen molar-refractivity contribution in [1.82, 2.24) is 0 Å². The highest BCUT2D eigenvalue weighted by atomic mass is 35.5. The molecule has 0 amide bonds. The van der Waals surface area contributed by atoms with E-state index >= 15 is 0 Å². The van der Waals surface area contributed by atoms with Crippen molar-refractivity contribution in [2.45, 2.75) is 11.8 Å². The van der Waals surface area contributed by atoms with Crippen LogP contribution < -0.4 is 10.5 Å². The van der Waals surface area contributed by atoms with Gasteiger partial charge in [-0.2, -0.15) is 0 Å². The van der Waals surface area contributed by atoms with Crippen molar-refractivity contribution in [3.63, 3.8) is 0 Å². The van der Waals surface area contributed by atoms with Gasteiger partial charge in [-0.15, -0.1) is 0 Å². The van der Waals surface area contributed by atoms with Crippen molar-refractivity contribution < 1.29 is 8.42 Å². The van der Waals surface area contributed by atoms with E-state index in [1.165, 1.54) is 18.2 Å². The summed E-state index contributed by atoms with van der Waals surface area (Å²) in [7, 11) is -3.86. The maximum Gasteiger partial charge on any atom is 0.263 e. The predicted molar refractivity (Wildman–Crippen MR) is 82.9 cm³/mol. The summed E-state index contributed by atoms with van der Waals surface area (Å²) in [5, 5.41) is 0.407. The highest BCUT2D eigenvalue weighted by Crippen LogP contribution is 2.30. The molecule has 0 aliphatic heterocycles. The second kappa shape index (κ2) is 5.52. The molecule has 0 saturated heterocycles. The van der Waals surface area contributed by atoms with Crippen molar-refractivity contribution in [2.75, 3.05) is 10.5 Å². The molecule has 0 aromatic heterocycles. The Kier molecular flexibility index (Phi) is 4.13. The number of hydrogen-bond acceptors (Lipinski definition) is 3. The molecule has 0 aliphatic rings. The molecule has 2 aromatic rings. The quantitative estimate of drug-likeness (QED) is 0.843. The van der Waals surface area contributed by atoms with E-state index in [1.54, 1.807) is 25.1 Å². The second-order valence-electron chi connectivity index (χ2n) is 4.23. The first-order chi connectivity index (χ1) is 9.31. The monoisotopic (exact) mass is 330 g/mol. The third-order valence-corrected chi connectivity index (χ3v) is 4.85. The maximum atomic E-state index is 12.4. The van der Waals surface area contributed by atoms with Crippen molar-refractivity contribution in [2.24, 2.45) is 0 Å². The molecule has 0 atom stereocenters. The minimum absolute atomic E-state index is 0.0847. The fraction of sp³-hybridized carbons (Fsp3) is 0.0769. The summed E-state index contributed by atoms with van der Waals surface area (Å²) in [6.45, 7) is 1.75. The number of hydrogen-bond donors (Lipinski definition) is 2. The van der Waals surface area contributed by atoms with E-state index in [1.807, 2.05) is 0 Å². The van der Waals surface area contributed by atoms with Crippen molar-refractivity contribution in [3.05, 3.63) is 52.0 Å². The van der Waals surface area contributed by atoms with Crippen LogP contribution in [0.15, 0.2) is 41.3 Å². The van der Waals surface area contributed by atoms with Crippen LogP contribution in [-0.2, 0) is 10.0 Å². The molecule has 20 heavy (non-hydrogen) atoms. The highest BCUT2D eigenvalue weighted by molar-refractivity contribution is 7.92. The lowest BCUT2D eigenvalue weighted by Crippen LogP contribution is -2.15. The molecule has 4 nitrogen and oxygen atoms in total. The van der Waals surface area contributed by atoms with Gasteiger partial charge in [-0.05, 0) is 36.8 Å². The van der Waals surface area contributed by atoms with Crippen LogP contribution in [0.4, 0.5) is 11.4 Å². The van der Waals surface area contributed by atoms with Crippen LogP contribution in [0.2, 0.25) is 10.0 Å². The lowest BCUT2D eigenvalue weighted by molar-refractivity contribution is 0.601. The van der Waals surface area contributed by atoms with Gasteiger partial charge in [0, 0.05) is 5.69 Å². The summed E-state index contributed by atoms with van der Waals surface area (Å²) in [6, 6.07) is 9.37. The maximum absolute atomic E-state index is 12.4. The van der Waals surface area contributed by atoms with Crippen LogP contribution in [0, 0.1) is 6.92 Å². The number of benzene rings is 2. The molecule has 0 fully saturated rings. The van der Waals surface area contributed by atoms with E-state index in [4.69, 9.17) is 28.9 Å². The first kappa shape index (κ1) is 15.0. The van der Waals surface area contributed by atoms with Crippen LogP contribution in [0.25, 0.3) is 0 Å². The van der Waals surface area contributed by atoms with Gasteiger partial charge in [0.2, 0.25) is 0 Å². The summed E-state index contributed by atoms with van der Waals surface area (Å²) in [6.07, 6.45) is 0. The van der Waals surface area contributed by atoms with Crippen LogP contribution in [0.1, 0.15) is 5.56 Å². The molecular formula is C13H12Cl2N2O2S. The number of para-hydroxylation sites is 1. The summed E-state index contributed by atoms with van der Waals surface area (Å²) in [4.78, 5) is -0.0847. The molecule has 0 aliphatic carbocycles. The molecular weight excluding hydrogens is 319 g/mol. The summed E-state index contributed by atoms with van der Waals surface area (Å²) < 4.78 is 27.2. The summed E-state index contributed by atoms with van der Waals surface area (Å²) in [5.74, 6) is 0. The zero-order chi connectivity index (χ0) is 14.9. The van der Waals surface area contributed by atoms with Gasteiger partial charge in [0.25, 0.3) is 10.0 Å². The number of nitrogen functional groups attached to an aromatic ring is 1. The predicted octanol–water partition coefficient (Wildman–Crippen LogP) is 3.68. The molecule has 0 heterocycles. The van der Waals surface area contributed by atoms with E-state index in [0.717, 1.165) is 0 Å². The third-order valence-electron chi connectivity index (χ3n) is 2.70. The Morgan fingerprint density at radius 3 is 2.45 bits per heavy atom. The van der Waals surface area contributed by atoms with Gasteiger partial charge in [0.05, 0.1) is 15.7 Å². The van der Waals surface area contributed by atoms with Gasteiger partial charge in [-0.3, -0.25) is 4.72 Å². The van der Waals surface area contributed by atoms with Crippen molar-refractivity contribution >= 4 is 44.6 Å². The second-order valence-corrected chi connectivity index (χ2v) is 6.69. The Morgan fingerprint density at radius 1 is 1.10 bits per heavy atom.